The van der Waals surface area contributed by atoms with Crippen LogP contribution in [0.2, 0.25) is 0 Å². The third-order valence-corrected chi connectivity index (χ3v) is 2.79. The second-order valence-electron chi connectivity index (χ2n) is 3.48. The van der Waals surface area contributed by atoms with Crippen molar-refractivity contribution >= 4 is 5.69 Å². The minimum Gasteiger partial charge on any atom is -0.361 e. The monoisotopic (exact) mass is 157 g/mol. The van der Waals surface area contributed by atoms with E-state index in [4.69, 9.17) is 0 Å². The number of benzene rings is 1. The molecule has 0 fully saturated rings. The van der Waals surface area contributed by atoms with Gasteiger partial charge in [-0.15, -0.1) is 0 Å². The van der Waals surface area contributed by atoms with E-state index in [9.17, 15) is 0 Å². The molecule has 1 aromatic carbocycles. The molecule has 0 saturated heterocycles. The van der Waals surface area contributed by atoms with E-state index in [1.807, 2.05) is 0 Å². The molecular formula is C11H11N. The summed E-state index contributed by atoms with van der Waals surface area (Å²) in [5.74, 6) is 0. The standard InChI is InChI=1S/C11H11N/c1-2-6-11-9(4-1)8-10-5-3-7-12(10)11/h1-6,10H,7-8H2. The van der Waals surface area contributed by atoms with Gasteiger partial charge in [-0.2, -0.15) is 0 Å². The molecule has 1 unspecified atom stereocenters. The van der Waals surface area contributed by atoms with Crippen LogP contribution in [0.5, 0.6) is 0 Å². The van der Waals surface area contributed by atoms with Crippen LogP contribution in [-0.4, -0.2) is 12.6 Å². The van der Waals surface area contributed by atoms with Gasteiger partial charge in [-0.3, -0.25) is 0 Å². The lowest BCUT2D eigenvalue weighted by molar-refractivity contribution is 0.809. The van der Waals surface area contributed by atoms with Gasteiger partial charge in [0, 0.05) is 12.2 Å². The lowest BCUT2D eigenvalue weighted by Gasteiger charge is -2.18. The minimum absolute atomic E-state index is 0.655. The molecule has 0 aromatic heterocycles. The van der Waals surface area contributed by atoms with Crippen molar-refractivity contribution in [2.24, 2.45) is 0 Å². The number of rotatable bonds is 0. The molecule has 1 aromatic rings. The Morgan fingerprint density at radius 1 is 1.25 bits per heavy atom. The number of hydrogen-bond acceptors (Lipinski definition) is 1. The van der Waals surface area contributed by atoms with Crippen LogP contribution in [0, 0.1) is 0 Å². The maximum atomic E-state index is 2.47. The van der Waals surface area contributed by atoms with Gasteiger partial charge < -0.3 is 4.90 Å². The SMILES string of the molecule is C1=CC2Cc3ccccc3N2C1. The van der Waals surface area contributed by atoms with Crippen molar-refractivity contribution in [1.29, 1.82) is 0 Å². The third-order valence-electron chi connectivity index (χ3n) is 2.79. The predicted molar refractivity (Wildman–Crippen MR) is 50.4 cm³/mol. The summed E-state index contributed by atoms with van der Waals surface area (Å²) >= 11 is 0. The summed E-state index contributed by atoms with van der Waals surface area (Å²) < 4.78 is 0. The molecule has 2 aliphatic rings. The molecular weight excluding hydrogens is 146 g/mol. The van der Waals surface area contributed by atoms with Gasteiger partial charge in [0.15, 0.2) is 0 Å². The Balaban J connectivity index is 2.12. The highest BCUT2D eigenvalue weighted by Gasteiger charge is 2.28. The molecule has 0 radical (unpaired) electrons. The topological polar surface area (TPSA) is 3.24 Å². The summed E-state index contributed by atoms with van der Waals surface area (Å²) in [7, 11) is 0. The van der Waals surface area contributed by atoms with Gasteiger partial charge in [-0.1, -0.05) is 30.4 Å². The van der Waals surface area contributed by atoms with Crippen LogP contribution in [0.1, 0.15) is 5.56 Å². The lowest BCUT2D eigenvalue weighted by atomic mass is 10.1. The fraction of sp³-hybridized carbons (Fsp3) is 0.273. The molecule has 1 atom stereocenters. The zero-order chi connectivity index (χ0) is 7.97. The Morgan fingerprint density at radius 2 is 2.17 bits per heavy atom. The number of hydrogen-bond donors (Lipinski definition) is 0. The van der Waals surface area contributed by atoms with Gasteiger partial charge in [0.1, 0.15) is 0 Å². The summed E-state index contributed by atoms with van der Waals surface area (Å²) in [4.78, 5) is 2.47. The molecule has 0 spiro atoms. The van der Waals surface area contributed by atoms with Crippen LogP contribution in [-0.2, 0) is 6.42 Å². The van der Waals surface area contributed by atoms with Crippen LogP contribution in [0.25, 0.3) is 0 Å². The molecule has 3 rings (SSSR count). The number of para-hydroxylation sites is 1. The molecule has 0 aliphatic carbocycles. The molecule has 60 valence electrons. The van der Waals surface area contributed by atoms with Crippen molar-refractivity contribution in [2.75, 3.05) is 11.4 Å². The van der Waals surface area contributed by atoms with E-state index in [0.29, 0.717) is 6.04 Å². The van der Waals surface area contributed by atoms with E-state index in [1.54, 1.807) is 0 Å². The average Bonchev–Trinajstić information content (AvgIpc) is 2.62. The second-order valence-corrected chi connectivity index (χ2v) is 3.48. The van der Waals surface area contributed by atoms with E-state index in [2.05, 4.69) is 41.3 Å². The highest BCUT2D eigenvalue weighted by atomic mass is 15.2. The normalized spacial score (nSPS) is 24.3. The molecule has 1 nitrogen and oxygen atoms in total. The summed E-state index contributed by atoms with van der Waals surface area (Å²) in [5.41, 5.74) is 2.94. The lowest BCUT2D eigenvalue weighted by Crippen LogP contribution is -2.24. The van der Waals surface area contributed by atoms with Crippen molar-refractivity contribution in [3.63, 3.8) is 0 Å². The number of fused-ring (bicyclic) bond motifs is 3. The van der Waals surface area contributed by atoms with Crippen LogP contribution in [0.4, 0.5) is 5.69 Å². The maximum absolute atomic E-state index is 2.47. The Hall–Kier alpha value is -1.24. The molecule has 2 heterocycles. The first kappa shape index (κ1) is 6.30. The zero-order valence-corrected chi connectivity index (χ0v) is 6.90. The summed E-state index contributed by atoms with van der Waals surface area (Å²) in [6.07, 6.45) is 5.78. The van der Waals surface area contributed by atoms with E-state index in [-0.39, 0.29) is 0 Å². The molecule has 12 heavy (non-hydrogen) atoms. The predicted octanol–water partition coefficient (Wildman–Crippen LogP) is 1.99. The fourth-order valence-corrected chi connectivity index (χ4v) is 2.21. The third kappa shape index (κ3) is 0.685. The maximum Gasteiger partial charge on any atom is 0.0518 e. The van der Waals surface area contributed by atoms with Crippen molar-refractivity contribution in [3.8, 4) is 0 Å². The Morgan fingerprint density at radius 3 is 3.17 bits per heavy atom. The smallest absolute Gasteiger partial charge is 0.0518 e. The molecule has 0 amide bonds. The van der Waals surface area contributed by atoms with Gasteiger partial charge in [0.2, 0.25) is 0 Å². The van der Waals surface area contributed by atoms with Gasteiger partial charge in [0.25, 0.3) is 0 Å². The van der Waals surface area contributed by atoms with E-state index in [0.717, 1.165) is 6.54 Å². The van der Waals surface area contributed by atoms with E-state index >= 15 is 0 Å². The largest absolute Gasteiger partial charge is 0.361 e. The van der Waals surface area contributed by atoms with Crippen molar-refractivity contribution in [3.05, 3.63) is 42.0 Å². The van der Waals surface area contributed by atoms with E-state index in [1.165, 1.54) is 17.7 Å². The minimum atomic E-state index is 0.655. The molecule has 1 heteroatoms. The molecule has 0 N–H and O–H groups in total. The quantitative estimate of drug-likeness (QED) is 0.520. The summed E-state index contributed by atoms with van der Waals surface area (Å²) in [6, 6.07) is 9.37. The second kappa shape index (κ2) is 2.13. The van der Waals surface area contributed by atoms with Gasteiger partial charge in [0.05, 0.1) is 6.04 Å². The molecule has 0 saturated carbocycles. The first-order valence-corrected chi connectivity index (χ1v) is 4.46. The van der Waals surface area contributed by atoms with Gasteiger partial charge in [-0.25, -0.2) is 0 Å². The van der Waals surface area contributed by atoms with Crippen molar-refractivity contribution in [2.45, 2.75) is 12.5 Å². The van der Waals surface area contributed by atoms with Gasteiger partial charge in [-0.05, 0) is 18.1 Å². The molecule has 0 bridgehead atoms. The highest BCUT2D eigenvalue weighted by Crippen LogP contribution is 2.34. The van der Waals surface area contributed by atoms with Crippen molar-refractivity contribution < 1.29 is 0 Å². The van der Waals surface area contributed by atoms with E-state index < -0.39 is 0 Å². The van der Waals surface area contributed by atoms with Gasteiger partial charge >= 0.3 is 0 Å². The summed E-state index contributed by atoms with van der Waals surface area (Å²) in [6.45, 7) is 1.10. The number of anilines is 1. The molecule has 2 aliphatic heterocycles. The van der Waals surface area contributed by atoms with Crippen molar-refractivity contribution in [1.82, 2.24) is 0 Å². The van der Waals surface area contributed by atoms with Crippen LogP contribution in [0.15, 0.2) is 36.4 Å². The highest BCUT2D eigenvalue weighted by molar-refractivity contribution is 5.62. The first-order chi connectivity index (χ1) is 5.95. The summed E-state index contributed by atoms with van der Waals surface area (Å²) in [5, 5.41) is 0. The van der Waals surface area contributed by atoms with Crippen LogP contribution >= 0.6 is 0 Å². The zero-order valence-electron chi connectivity index (χ0n) is 6.90. The van der Waals surface area contributed by atoms with Crippen LogP contribution in [0.3, 0.4) is 0 Å². The van der Waals surface area contributed by atoms with Crippen LogP contribution < -0.4 is 4.90 Å². The number of nitrogens with zero attached hydrogens (tertiary/aromatic N) is 1. The Labute approximate surface area is 72.3 Å². The average molecular weight is 157 g/mol. The Bertz CT molecular complexity index is 341. The Kier molecular flexibility index (Phi) is 1.12. The fourth-order valence-electron chi connectivity index (χ4n) is 2.21. The first-order valence-electron chi connectivity index (χ1n) is 4.46.